The van der Waals surface area contributed by atoms with E-state index in [9.17, 15) is 8.60 Å². The van der Waals surface area contributed by atoms with Gasteiger partial charge in [0.25, 0.3) is 0 Å². The molecule has 0 fully saturated rings. The lowest BCUT2D eigenvalue weighted by molar-refractivity contribution is 0.414. The monoisotopic (exact) mass is 202 g/mol. The van der Waals surface area contributed by atoms with Gasteiger partial charge in [-0.25, -0.2) is 4.39 Å². The summed E-state index contributed by atoms with van der Waals surface area (Å²) in [5, 5.41) is 0. The average Bonchev–Trinajstić information content (AvgIpc) is 2.17. The van der Waals surface area contributed by atoms with Crippen LogP contribution in [0.1, 0.15) is 6.92 Å². The average molecular weight is 202 g/mol. The third kappa shape index (κ3) is 2.52. The smallest absolute Gasteiger partial charge is 0.176 e. The van der Waals surface area contributed by atoms with Crippen molar-refractivity contribution in [3.8, 4) is 5.75 Å². The van der Waals surface area contributed by atoms with E-state index in [2.05, 4.69) is 0 Å². The zero-order valence-corrected chi connectivity index (χ0v) is 8.31. The van der Waals surface area contributed by atoms with Crippen LogP contribution in [0.15, 0.2) is 29.2 Å². The van der Waals surface area contributed by atoms with Crippen LogP contribution in [-0.4, -0.2) is 16.8 Å². The maximum absolute atomic E-state index is 12.6. The molecule has 72 valence electrons. The fourth-order valence-electron chi connectivity index (χ4n) is 0.897. The van der Waals surface area contributed by atoms with Crippen LogP contribution in [0, 0.1) is 0 Å². The highest BCUT2D eigenvalue weighted by molar-refractivity contribution is 7.85. The first kappa shape index (κ1) is 10.2. The highest BCUT2D eigenvalue weighted by Gasteiger charge is 2.10. The van der Waals surface area contributed by atoms with E-state index in [0.29, 0.717) is 10.6 Å². The Kier molecular flexibility index (Phi) is 3.42. The van der Waals surface area contributed by atoms with Crippen molar-refractivity contribution in [2.75, 3.05) is 7.11 Å². The van der Waals surface area contributed by atoms with Crippen molar-refractivity contribution in [2.24, 2.45) is 0 Å². The summed E-state index contributed by atoms with van der Waals surface area (Å²) in [6.07, 6.45) is 0. The molecule has 0 saturated carbocycles. The van der Waals surface area contributed by atoms with Crippen molar-refractivity contribution >= 4 is 10.8 Å². The number of benzene rings is 1. The van der Waals surface area contributed by atoms with Gasteiger partial charge in [0.2, 0.25) is 0 Å². The summed E-state index contributed by atoms with van der Waals surface area (Å²) in [5.74, 6) is 0.673. The van der Waals surface area contributed by atoms with Gasteiger partial charge in [-0.05, 0) is 31.2 Å². The van der Waals surface area contributed by atoms with Gasteiger partial charge in [0.15, 0.2) is 5.50 Å². The van der Waals surface area contributed by atoms with Crippen LogP contribution in [0.5, 0.6) is 5.75 Å². The minimum atomic E-state index is -1.57. The third-order valence-corrected chi connectivity index (χ3v) is 2.91. The first-order valence-corrected chi connectivity index (χ1v) is 5.05. The normalized spacial score (nSPS) is 15.0. The van der Waals surface area contributed by atoms with Gasteiger partial charge in [0, 0.05) is 4.90 Å². The largest absolute Gasteiger partial charge is 0.497 e. The van der Waals surface area contributed by atoms with E-state index in [1.165, 1.54) is 6.92 Å². The molecule has 0 aliphatic carbocycles. The van der Waals surface area contributed by atoms with Crippen molar-refractivity contribution in [2.45, 2.75) is 17.3 Å². The number of hydrogen-bond donors (Lipinski definition) is 0. The van der Waals surface area contributed by atoms with Gasteiger partial charge in [-0.1, -0.05) is 0 Å². The molecular weight excluding hydrogens is 191 g/mol. The second-order valence-corrected chi connectivity index (χ2v) is 4.23. The van der Waals surface area contributed by atoms with Crippen LogP contribution in [0.4, 0.5) is 4.39 Å². The predicted molar refractivity (Wildman–Crippen MR) is 50.0 cm³/mol. The van der Waals surface area contributed by atoms with Crippen molar-refractivity contribution in [1.82, 2.24) is 0 Å². The van der Waals surface area contributed by atoms with Crippen molar-refractivity contribution in [1.29, 1.82) is 0 Å². The van der Waals surface area contributed by atoms with Gasteiger partial charge in [0.05, 0.1) is 17.9 Å². The Morgan fingerprint density at radius 2 is 1.92 bits per heavy atom. The van der Waals surface area contributed by atoms with Gasteiger partial charge in [0.1, 0.15) is 5.75 Å². The standard InChI is InChI=1S/C9H11FO2S/c1-7(10)13(11)9-5-3-8(12-2)4-6-9/h3-7H,1-2H3. The van der Waals surface area contributed by atoms with Gasteiger partial charge in [-0.15, -0.1) is 0 Å². The second kappa shape index (κ2) is 4.37. The van der Waals surface area contributed by atoms with Gasteiger partial charge in [-0.3, -0.25) is 4.21 Å². The molecule has 0 aromatic heterocycles. The molecule has 0 aliphatic rings. The summed E-state index contributed by atoms with van der Waals surface area (Å²) in [5.41, 5.74) is -1.34. The molecule has 13 heavy (non-hydrogen) atoms. The predicted octanol–water partition coefficient (Wildman–Crippen LogP) is 2.12. The second-order valence-electron chi connectivity index (χ2n) is 2.52. The molecular formula is C9H11FO2S. The van der Waals surface area contributed by atoms with Crippen LogP contribution < -0.4 is 4.74 Å². The Bertz CT molecular complexity index is 295. The molecule has 2 atom stereocenters. The summed E-state index contributed by atoms with van der Waals surface area (Å²) >= 11 is 0. The van der Waals surface area contributed by atoms with E-state index in [-0.39, 0.29) is 0 Å². The zero-order valence-electron chi connectivity index (χ0n) is 7.49. The highest BCUT2D eigenvalue weighted by atomic mass is 32.2. The number of rotatable bonds is 3. The summed E-state index contributed by atoms with van der Waals surface area (Å²) in [6, 6.07) is 6.53. The van der Waals surface area contributed by atoms with Crippen LogP contribution in [-0.2, 0) is 10.8 Å². The molecule has 0 aliphatic heterocycles. The maximum atomic E-state index is 12.6. The fraction of sp³-hybridized carbons (Fsp3) is 0.333. The lowest BCUT2D eigenvalue weighted by atomic mass is 10.3. The number of alkyl halides is 1. The van der Waals surface area contributed by atoms with Crippen LogP contribution in [0.3, 0.4) is 0 Å². The van der Waals surface area contributed by atoms with Gasteiger partial charge < -0.3 is 4.74 Å². The van der Waals surface area contributed by atoms with E-state index in [0.717, 1.165) is 0 Å². The third-order valence-electron chi connectivity index (χ3n) is 1.59. The van der Waals surface area contributed by atoms with E-state index in [1.807, 2.05) is 0 Å². The van der Waals surface area contributed by atoms with Gasteiger partial charge >= 0.3 is 0 Å². The molecule has 2 nitrogen and oxygen atoms in total. The van der Waals surface area contributed by atoms with Crippen molar-refractivity contribution in [3.63, 3.8) is 0 Å². The van der Waals surface area contributed by atoms with E-state index in [4.69, 9.17) is 4.74 Å². The summed E-state index contributed by atoms with van der Waals surface area (Å²) in [4.78, 5) is 0.482. The SMILES string of the molecule is COc1ccc(S(=O)C(C)F)cc1. The number of ether oxygens (including phenoxy) is 1. The number of halogens is 1. The molecule has 1 aromatic carbocycles. The number of hydrogen-bond acceptors (Lipinski definition) is 2. The summed E-state index contributed by atoms with van der Waals surface area (Å²) in [7, 11) is -0.0222. The lowest BCUT2D eigenvalue weighted by Crippen LogP contribution is -2.03. The molecule has 0 heterocycles. The molecule has 0 amide bonds. The molecule has 0 N–H and O–H groups in total. The first-order chi connectivity index (χ1) is 6.15. The highest BCUT2D eigenvalue weighted by Crippen LogP contribution is 2.16. The van der Waals surface area contributed by atoms with Crippen molar-refractivity contribution < 1.29 is 13.3 Å². The molecule has 2 unspecified atom stereocenters. The van der Waals surface area contributed by atoms with E-state index >= 15 is 0 Å². The zero-order chi connectivity index (χ0) is 9.84. The molecule has 4 heteroatoms. The number of methoxy groups -OCH3 is 1. The molecule has 1 aromatic rings. The minimum absolute atomic E-state index is 0.482. The van der Waals surface area contributed by atoms with Gasteiger partial charge in [-0.2, -0.15) is 0 Å². The fourth-order valence-corrected chi connectivity index (χ4v) is 1.68. The summed E-state index contributed by atoms with van der Waals surface area (Å²) in [6.45, 7) is 1.28. The van der Waals surface area contributed by atoms with Crippen LogP contribution in [0.25, 0.3) is 0 Å². The maximum Gasteiger partial charge on any atom is 0.176 e. The Morgan fingerprint density at radius 1 is 1.38 bits per heavy atom. The molecule has 0 bridgehead atoms. The Morgan fingerprint density at radius 3 is 2.31 bits per heavy atom. The minimum Gasteiger partial charge on any atom is -0.497 e. The van der Waals surface area contributed by atoms with E-state index in [1.54, 1.807) is 31.4 Å². The van der Waals surface area contributed by atoms with Crippen molar-refractivity contribution in [3.05, 3.63) is 24.3 Å². The molecule has 1 rings (SSSR count). The first-order valence-electron chi connectivity index (χ1n) is 3.84. The summed E-state index contributed by atoms with van der Waals surface area (Å²) < 4.78 is 28.8. The topological polar surface area (TPSA) is 26.3 Å². The molecule has 0 saturated heterocycles. The Balaban J connectivity index is 2.86. The van der Waals surface area contributed by atoms with Crippen LogP contribution in [0.2, 0.25) is 0 Å². The Hall–Kier alpha value is -0.900. The Labute approximate surface area is 79.2 Å². The van der Waals surface area contributed by atoms with Crippen LogP contribution >= 0.6 is 0 Å². The van der Waals surface area contributed by atoms with E-state index < -0.39 is 16.3 Å². The molecule has 0 radical (unpaired) electrons. The lowest BCUT2D eigenvalue weighted by Gasteiger charge is -2.03. The molecule has 0 spiro atoms. The quantitative estimate of drug-likeness (QED) is 0.750.